The standard InChI is InChI=1S/C15H11N5O/c1-2-12-18-7-9(8-19-12)13-10(6-16)15(21)20-11-4-3-5-17-14(11)13/h3-5,7-8H,2H2,1H3,(H,20,21). The van der Waals surface area contributed by atoms with Gasteiger partial charge in [-0.1, -0.05) is 6.92 Å². The first-order valence-electron chi connectivity index (χ1n) is 6.47. The lowest BCUT2D eigenvalue weighted by Crippen LogP contribution is -2.12. The topological polar surface area (TPSA) is 95.3 Å². The van der Waals surface area contributed by atoms with Gasteiger partial charge in [-0.05, 0) is 12.1 Å². The Morgan fingerprint density at radius 3 is 2.71 bits per heavy atom. The number of hydrogen-bond donors (Lipinski definition) is 1. The average molecular weight is 277 g/mol. The van der Waals surface area contributed by atoms with Gasteiger partial charge in [0.15, 0.2) is 0 Å². The summed E-state index contributed by atoms with van der Waals surface area (Å²) in [6.07, 6.45) is 5.58. The van der Waals surface area contributed by atoms with Gasteiger partial charge in [0.05, 0.1) is 11.0 Å². The summed E-state index contributed by atoms with van der Waals surface area (Å²) in [6, 6.07) is 5.42. The fourth-order valence-corrected chi connectivity index (χ4v) is 2.18. The van der Waals surface area contributed by atoms with Gasteiger partial charge in [-0.15, -0.1) is 0 Å². The maximum absolute atomic E-state index is 12.0. The molecule has 3 aromatic heterocycles. The largest absolute Gasteiger partial charge is 0.319 e. The third kappa shape index (κ3) is 2.15. The van der Waals surface area contributed by atoms with Crippen molar-refractivity contribution in [3.8, 4) is 17.2 Å². The molecule has 0 spiro atoms. The summed E-state index contributed by atoms with van der Waals surface area (Å²) in [6.45, 7) is 1.96. The highest BCUT2D eigenvalue weighted by atomic mass is 16.1. The van der Waals surface area contributed by atoms with Crippen LogP contribution in [0.3, 0.4) is 0 Å². The maximum Gasteiger partial charge on any atom is 0.267 e. The molecule has 0 aromatic carbocycles. The van der Waals surface area contributed by atoms with E-state index in [9.17, 15) is 10.1 Å². The van der Waals surface area contributed by atoms with E-state index in [1.165, 1.54) is 0 Å². The van der Waals surface area contributed by atoms with Gasteiger partial charge in [0.2, 0.25) is 0 Å². The number of nitrogens with zero attached hydrogens (tertiary/aromatic N) is 4. The number of nitriles is 1. The normalized spacial score (nSPS) is 10.5. The second-order valence-electron chi connectivity index (χ2n) is 4.46. The Bertz CT molecular complexity index is 906. The fourth-order valence-electron chi connectivity index (χ4n) is 2.18. The van der Waals surface area contributed by atoms with Crippen LogP contribution in [0, 0.1) is 11.3 Å². The predicted octanol–water partition coefficient (Wildman–Crippen LogP) is 1.81. The van der Waals surface area contributed by atoms with Crippen LogP contribution in [0.25, 0.3) is 22.2 Å². The molecular formula is C15H11N5O. The first kappa shape index (κ1) is 12.9. The van der Waals surface area contributed by atoms with Crippen molar-refractivity contribution in [3.63, 3.8) is 0 Å². The van der Waals surface area contributed by atoms with Crippen molar-refractivity contribution in [1.82, 2.24) is 19.9 Å². The Balaban J connectivity index is 2.38. The summed E-state index contributed by atoms with van der Waals surface area (Å²) in [5.74, 6) is 0.708. The van der Waals surface area contributed by atoms with Crippen molar-refractivity contribution in [3.05, 3.63) is 52.5 Å². The number of aromatic amines is 1. The summed E-state index contributed by atoms with van der Waals surface area (Å²) < 4.78 is 0. The number of aromatic nitrogens is 4. The number of fused-ring (bicyclic) bond motifs is 1. The highest BCUT2D eigenvalue weighted by Gasteiger charge is 2.15. The van der Waals surface area contributed by atoms with Gasteiger partial charge in [0.1, 0.15) is 17.5 Å². The quantitative estimate of drug-likeness (QED) is 0.770. The van der Waals surface area contributed by atoms with E-state index in [-0.39, 0.29) is 5.56 Å². The molecule has 0 aliphatic carbocycles. The van der Waals surface area contributed by atoms with E-state index in [0.29, 0.717) is 28.0 Å². The van der Waals surface area contributed by atoms with E-state index in [1.807, 2.05) is 13.0 Å². The average Bonchev–Trinajstić information content (AvgIpc) is 2.53. The highest BCUT2D eigenvalue weighted by molar-refractivity contribution is 5.93. The molecule has 6 heteroatoms. The molecule has 3 rings (SSSR count). The molecule has 21 heavy (non-hydrogen) atoms. The zero-order chi connectivity index (χ0) is 14.8. The van der Waals surface area contributed by atoms with Crippen molar-refractivity contribution in [2.24, 2.45) is 0 Å². The predicted molar refractivity (Wildman–Crippen MR) is 77.5 cm³/mol. The van der Waals surface area contributed by atoms with Gasteiger partial charge >= 0.3 is 0 Å². The Hall–Kier alpha value is -3.07. The molecule has 0 saturated heterocycles. The van der Waals surface area contributed by atoms with E-state index in [4.69, 9.17) is 0 Å². The fraction of sp³-hybridized carbons (Fsp3) is 0.133. The number of rotatable bonds is 2. The third-order valence-electron chi connectivity index (χ3n) is 3.19. The maximum atomic E-state index is 12.0. The van der Waals surface area contributed by atoms with Gasteiger partial charge in [0, 0.05) is 36.1 Å². The lowest BCUT2D eigenvalue weighted by atomic mass is 10.0. The molecule has 0 aliphatic heterocycles. The molecule has 6 nitrogen and oxygen atoms in total. The van der Waals surface area contributed by atoms with Crippen LogP contribution in [-0.4, -0.2) is 19.9 Å². The number of hydrogen-bond acceptors (Lipinski definition) is 5. The number of H-pyrrole nitrogens is 1. The van der Waals surface area contributed by atoms with E-state index in [2.05, 4.69) is 19.9 Å². The molecule has 0 bridgehead atoms. The number of nitrogens with one attached hydrogen (secondary N) is 1. The lowest BCUT2D eigenvalue weighted by molar-refractivity contribution is 0.941. The minimum atomic E-state index is -0.437. The van der Waals surface area contributed by atoms with Crippen LogP contribution in [0.15, 0.2) is 35.5 Å². The Morgan fingerprint density at radius 1 is 1.29 bits per heavy atom. The van der Waals surface area contributed by atoms with Crippen LogP contribution in [0.5, 0.6) is 0 Å². The summed E-state index contributed by atoms with van der Waals surface area (Å²) >= 11 is 0. The summed E-state index contributed by atoms with van der Waals surface area (Å²) in [5.41, 5.74) is 1.80. The molecular weight excluding hydrogens is 266 g/mol. The van der Waals surface area contributed by atoms with Crippen molar-refractivity contribution in [2.45, 2.75) is 13.3 Å². The van der Waals surface area contributed by atoms with Gasteiger partial charge in [-0.3, -0.25) is 9.78 Å². The first-order valence-corrected chi connectivity index (χ1v) is 6.47. The third-order valence-corrected chi connectivity index (χ3v) is 3.19. The zero-order valence-corrected chi connectivity index (χ0v) is 11.3. The van der Waals surface area contributed by atoms with Crippen molar-refractivity contribution in [1.29, 1.82) is 5.26 Å². The zero-order valence-electron chi connectivity index (χ0n) is 11.3. The van der Waals surface area contributed by atoms with Gasteiger partial charge < -0.3 is 4.98 Å². The van der Waals surface area contributed by atoms with E-state index < -0.39 is 5.56 Å². The molecule has 0 atom stereocenters. The molecule has 3 aromatic rings. The molecule has 0 aliphatic rings. The van der Waals surface area contributed by atoms with Crippen molar-refractivity contribution >= 4 is 11.0 Å². The van der Waals surface area contributed by atoms with Crippen LogP contribution in [-0.2, 0) is 6.42 Å². The number of pyridine rings is 2. The van der Waals surface area contributed by atoms with Crippen LogP contribution < -0.4 is 5.56 Å². The molecule has 0 amide bonds. The Kier molecular flexibility index (Phi) is 3.16. The first-order chi connectivity index (χ1) is 10.2. The Labute approximate surface area is 120 Å². The smallest absolute Gasteiger partial charge is 0.267 e. The van der Waals surface area contributed by atoms with Crippen molar-refractivity contribution < 1.29 is 0 Å². The van der Waals surface area contributed by atoms with Crippen LogP contribution in [0.2, 0.25) is 0 Å². The van der Waals surface area contributed by atoms with Gasteiger partial charge in [0.25, 0.3) is 5.56 Å². The minimum Gasteiger partial charge on any atom is -0.319 e. The summed E-state index contributed by atoms with van der Waals surface area (Å²) in [7, 11) is 0. The second kappa shape index (κ2) is 5.13. The molecule has 102 valence electrons. The Morgan fingerprint density at radius 2 is 2.05 bits per heavy atom. The monoisotopic (exact) mass is 277 g/mol. The van der Waals surface area contributed by atoms with Crippen LogP contribution in [0.1, 0.15) is 18.3 Å². The minimum absolute atomic E-state index is 0.0223. The van der Waals surface area contributed by atoms with Crippen molar-refractivity contribution in [2.75, 3.05) is 0 Å². The van der Waals surface area contributed by atoms with E-state index in [0.717, 1.165) is 6.42 Å². The summed E-state index contributed by atoms with van der Waals surface area (Å²) in [4.78, 5) is 27.4. The van der Waals surface area contributed by atoms with E-state index in [1.54, 1.807) is 30.7 Å². The van der Waals surface area contributed by atoms with Gasteiger partial charge in [-0.25, -0.2) is 9.97 Å². The highest BCUT2D eigenvalue weighted by Crippen LogP contribution is 2.26. The second-order valence-corrected chi connectivity index (χ2v) is 4.46. The molecule has 0 unspecified atom stereocenters. The molecule has 0 saturated carbocycles. The SMILES string of the molecule is CCc1ncc(-c2c(C#N)c(=O)[nH]c3cccnc23)cn1. The summed E-state index contributed by atoms with van der Waals surface area (Å²) in [5, 5.41) is 9.28. The number of aryl methyl sites for hydroxylation is 1. The van der Waals surface area contributed by atoms with Crippen LogP contribution >= 0.6 is 0 Å². The van der Waals surface area contributed by atoms with E-state index >= 15 is 0 Å². The van der Waals surface area contributed by atoms with Gasteiger partial charge in [-0.2, -0.15) is 5.26 Å². The molecule has 3 heterocycles. The molecule has 1 N–H and O–H groups in total. The van der Waals surface area contributed by atoms with Crippen LogP contribution in [0.4, 0.5) is 0 Å². The molecule has 0 fully saturated rings. The lowest BCUT2D eigenvalue weighted by Gasteiger charge is -2.07. The molecule has 0 radical (unpaired) electrons.